The highest BCUT2D eigenvalue weighted by Gasteiger charge is 1.99. The monoisotopic (exact) mass is 230 g/mol. The van der Waals surface area contributed by atoms with E-state index in [1.165, 1.54) is 0 Å². The van der Waals surface area contributed by atoms with E-state index < -0.39 is 5.76 Å². The quantitative estimate of drug-likeness (QED) is 0.378. The van der Waals surface area contributed by atoms with Crippen molar-refractivity contribution >= 4 is 17.2 Å². The zero-order valence-electron chi connectivity index (χ0n) is 8.96. The number of H-pyrrole nitrogens is 1. The van der Waals surface area contributed by atoms with Crippen LogP contribution in [0.3, 0.4) is 0 Å². The number of benzene rings is 1. The molecule has 2 rings (SSSR count). The predicted molar refractivity (Wildman–Crippen MR) is 64.5 cm³/mol. The van der Waals surface area contributed by atoms with E-state index in [9.17, 15) is 4.79 Å². The van der Waals surface area contributed by atoms with Crippen molar-refractivity contribution < 1.29 is 4.42 Å². The molecule has 0 spiro atoms. The van der Waals surface area contributed by atoms with Gasteiger partial charge >= 0.3 is 5.76 Å². The van der Waals surface area contributed by atoms with Crippen LogP contribution in [0.4, 0.5) is 0 Å². The van der Waals surface area contributed by atoms with Gasteiger partial charge in [0.2, 0.25) is 0 Å². The number of aromatic nitrogens is 1. The summed E-state index contributed by atoms with van der Waals surface area (Å²) >= 11 is 0. The van der Waals surface area contributed by atoms with Gasteiger partial charge in [-0.15, -0.1) is 0 Å². The standard InChI is InChI=1S/C11H10N4O2/c12-15-13-6-2-1-3-8-4-5-9-10(7-8)17-11(16)14-9/h1,3-5,7H,2,6H2,(H,14,16). The molecular weight excluding hydrogens is 220 g/mol. The number of nitrogens with zero attached hydrogens (tertiary/aromatic N) is 3. The SMILES string of the molecule is [N-]=[N+]=NCCC=Cc1ccc2[nH]c(=O)oc2c1. The molecule has 0 fully saturated rings. The Morgan fingerprint density at radius 2 is 2.41 bits per heavy atom. The van der Waals surface area contributed by atoms with Crippen LogP contribution in [0.5, 0.6) is 0 Å². The van der Waals surface area contributed by atoms with Gasteiger partial charge in [-0.2, -0.15) is 0 Å². The number of oxazole rings is 1. The van der Waals surface area contributed by atoms with Crippen LogP contribution in [0.25, 0.3) is 27.6 Å². The van der Waals surface area contributed by atoms with Crippen molar-refractivity contribution in [3.8, 4) is 0 Å². The summed E-state index contributed by atoms with van der Waals surface area (Å²) in [5.74, 6) is -0.454. The number of rotatable bonds is 4. The van der Waals surface area contributed by atoms with Crippen molar-refractivity contribution in [1.29, 1.82) is 0 Å². The van der Waals surface area contributed by atoms with E-state index in [0.717, 1.165) is 5.56 Å². The molecular formula is C11H10N4O2. The molecule has 86 valence electrons. The van der Waals surface area contributed by atoms with Crippen molar-refractivity contribution in [1.82, 2.24) is 4.98 Å². The molecule has 0 saturated carbocycles. The van der Waals surface area contributed by atoms with Gasteiger partial charge in [-0.05, 0) is 29.6 Å². The van der Waals surface area contributed by atoms with Gasteiger partial charge in [0.05, 0.1) is 5.52 Å². The molecule has 0 bridgehead atoms. The summed E-state index contributed by atoms with van der Waals surface area (Å²) in [6.45, 7) is 0.439. The van der Waals surface area contributed by atoms with Crippen LogP contribution in [-0.2, 0) is 0 Å². The van der Waals surface area contributed by atoms with E-state index in [1.54, 1.807) is 12.1 Å². The van der Waals surface area contributed by atoms with E-state index in [1.807, 2.05) is 18.2 Å². The molecule has 0 aliphatic rings. The van der Waals surface area contributed by atoms with Crippen LogP contribution in [0.2, 0.25) is 0 Å². The highest BCUT2D eigenvalue weighted by Crippen LogP contribution is 2.13. The van der Waals surface area contributed by atoms with Gasteiger partial charge in [0.25, 0.3) is 0 Å². The number of fused-ring (bicyclic) bond motifs is 1. The van der Waals surface area contributed by atoms with Crippen molar-refractivity contribution in [3.63, 3.8) is 0 Å². The Morgan fingerprint density at radius 3 is 3.24 bits per heavy atom. The molecule has 0 saturated heterocycles. The van der Waals surface area contributed by atoms with Crippen molar-refractivity contribution in [2.24, 2.45) is 5.11 Å². The van der Waals surface area contributed by atoms with Crippen LogP contribution in [0.1, 0.15) is 12.0 Å². The fourth-order valence-electron chi connectivity index (χ4n) is 1.46. The van der Waals surface area contributed by atoms with Gasteiger partial charge in [0.15, 0.2) is 5.58 Å². The largest absolute Gasteiger partial charge is 0.417 e. The van der Waals surface area contributed by atoms with Gasteiger partial charge < -0.3 is 4.42 Å². The Balaban J connectivity index is 2.13. The summed E-state index contributed by atoms with van der Waals surface area (Å²) in [5, 5.41) is 3.42. The zero-order valence-corrected chi connectivity index (χ0v) is 8.96. The molecule has 1 aromatic carbocycles. The maximum Gasteiger partial charge on any atom is 0.417 e. The minimum Gasteiger partial charge on any atom is -0.408 e. The molecule has 0 atom stereocenters. The molecule has 6 nitrogen and oxygen atoms in total. The molecule has 2 aromatic rings. The molecule has 0 aliphatic heterocycles. The van der Waals surface area contributed by atoms with Crippen molar-refractivity contribution in [2.45, 2.75) is 6.42 Å². The van der Waals surface area contributed by atoms with Crippen LogP contribution in [0.15, 0.2) is 38.6 Å². The second kappa shape index (κ2) is 5.05. The lowest BCUT2D eigenvalue weighted by atomic mass is 10.2. The maximum absolute atomic E-state index is 10.9. The van der Waals surface area contributed by atoms with Gasteiger partial charge in [0, 0.05) is 11.5 Å². The van der Waals surface area contributed by atoms with Gasteiger partial charge in [0.1, 0.15) is 0 Å². The summed E-state index contributed by atoms with van der Waals surface area (Å²) in [5.41, 5.74) is 10.2. The van der Waals surface area contributed by atoms with Gasteiger partial charge in [-0.25, -0.2) is 4.79 Å². The summed E-state index contributed by atoms with van der Waals surface area (Å²) in [6.07, 6.45) is 4.47. The highest BCUT2D eigenvalue weighted by atomic mass is 16.4. The fraction of sp³-hybridized carbons (Fsp3) is 0.182. The number of hydrogen-bond donors (Lipinski definition) is 1. The molecule has 17 heavy (non-hydrogen) atoms. The number of hydrogen-bond acceptors (Lipinski definition) is 3. The van der Waals surface area contributed by atoms with Crippen molar-refractivity contribution in [3.05, 3.63) is 50.8 Å². The number of nitrogens with one attached hydrogen (secondary N) is 1. The van der Waals surface area contributed by atoms with E-state index in [2.05, 4.69) is 15.0 Å². The van der Waals surface area contributed by atoms with Crippen LogP contribution < -0.4 is 5.76 Å². The second-order valence-electron chi connectivity index (χ2n) is 3.42. The minimum atomic E-state index is -0.454. The third-order valence-electron chi connectivity index (χ3n) is 2.21. The lowest BCUT2D eigenvalue weighted by Gasteiger charge is -1.92. The summed E-state index contributed by atoms with van der Waals surface area (Å²) in [4.78, 5) is 16.2. The first-order chi connectivity index (χ1) is 8.29. The van der Waals surface area contributed by atoms with E-state index in [4.69, 9.17) is 9.95 Å². The summed E-state index contributed by atoms with van der Waals surface area (Å²) < 4.78 is 4.94. The third-order valence-corrected chi connectivity index (χ3v) is 2.21. The summed E-state index contributed by atoms with van der Waals surface area (Å²) in [6, 6.07) is 5.43. The Labute approximate surface area is 96.2 Å². The zero-order chi connectivity index (χ0) is 12.1. The molecule has 0 unspecified atom stereocenters. The Morgan fingerprint density at radius 1 is 1.53 bits per heavy atom. The van der Waals surface area contributed by atoms with Crippen LogP contribution in [-0.4, -0.2) is 11.5 Å². The molecule has 0 aliphatic carbocycles. The summed E-state index contributed by atoms with van der Waals surface area (Å²) in [7, 11) is 0. The average molecular weight is 230 g/mol. The minimum absolute atomic E-state index is 0.439. The molecule has 1 aromatic heterocycles. The lowest BCUT2D eigenvalue weighted by Crippen LogP contribution is -1.92. The molecule has 0 radical (unpaired) electrons. The van der Waals surface area contributed by atoms with Crippen molar-refractivity contribution in [2.75, 3.05) is 6.54 Å². The van der Waals surface area contributed by atoms with E-state index in [0.29, 0.717) is 24.1 Å². The first kappa shape index (κ1) is 11.0. The Bertz CT molecular complexity index is 647. The molecule has 1 heterocycles. The van der Waals surface area contributed by atoms with E-state index >= 15 is 0 Å². The molecule has 0 amide bonds. The number of aromatic amines is 1. The van der Waals surface area contributed by atoms with Crippen LogP contribution >= 0.6 is 0 Å². The smallest absolute Gasteiger partial charge is 0.408 e. The lowest BCUT2D eigenvalue weighted by molar-refractivity contribution is 0.555. The highest BCUT2D eigenvalue weighted by molar-refractivity contribution is 5.75. The maximum atomic E-state index is 10.9. The Hall–Kier alpha value is -2.46. The average Bonchev–Trinajstić information content (AvgIpc) is 2.68. The first-order valence-electron chi connectivity index (χ1n) is 5.10. The second-order valence-corrected chi connectivity index (χ2v) is 3.42. The molecule has 1 N–H and O–H groups in total. The first-order valence-corrected chi connectivity index (χ1v) is 5.10. The topological polar surface area (TPSA) is 94.8 Å². The fourth-order valence-corrected chi connectivity index (χ4v) is 1.46. The Kier molecular flexibility index (Phi) is 3.28. The molecule has 6 heteroatoms. The van der Waals surface area contributed by atoms with Crippen LogP contribution in [0, 0.1) is 0 Å². The number of azide groups is 1. The van der Waals surface area contributed by atoms with Gasteiger partial charge in [-0.3, -0.25) is 4.98 Å². The predicted octanol–water partition coefficient (Wildman–Crippen LogP) is 2.83. The normalized spacial score (nSPS) is 10.8. The third kappa shape index (κ3) is 2.76. The van der Waals surface area contributed by atoms with E-state index in [-0.39, 0.29) is 0 Å². The van der Waals surface area contributed by atoms with Gasteiger partial charge in [-0.1, -0.05) is 23.3 Å².